The molecule has 0 bridgehead atoms. The number of hydrogen-bond donors (Lipinski definition) is 0. The molecule has 0 saturated carbocycles. The predicted octanol–water partition coefficient (Wildman–Crippen LogP) is 3.32. The summed E-state index contributed by atoms with van der Waals surface area (Å²) in [6.45, 7) is 2.00. The molecule has 2 aromatic rings. The molecule has 92 valence electrons. The molecule has 0 amide bonds. The first kappa shape index (κ1) is 14.2. The summed E-state index contributed by atoms with van der Waals surface area (Å²) in [5.41, 5.74) is 2.11. The zero-order valence-electron chi connectivity index (χ0n) is 10.6. The second-order valence-corrected chi connectivity index (χ2v) is 5.55. The van der Waals surface area contributed by atoms with Gasteiger partial charge in [0, 0.05) is 0 Å². The van der Waals surface area contributed by atoms with Gasteiger partial charge in [-0.25, -0.2) is 0 Å². The van der Waals surface area contributed by atoms with Crippen LogP contribution in [-0.4, -0.2) is 22.6 Å². The van der Waals surface area contributed by atoms with Crippen molar-refractivity contribution in [2.24, 2.45) is 0 Å². The molecule has 0 atom stereocenters. The monoisotopic (exact) mass is 284 g/mol. The number of benzene rings is 2. The van der Waals surface area contributed by atoms with Crippen LogP contribution in [0.2, 0.25) is 0 Å². The Labute approximate surface area is 125 Å². The van der Waals surface area contributed by atoms with Gasteiger partial charge < -0.3 is 0 Å². The Kier molecular flexibility index (Phi) is 5.09. The van der Waals surface area contributed by atoms with Crippen molar-refractivity contribution < 1.29 is 8.58 Å². The summed E-state index contributed by atoms with van der Waals surface area (Å²) in [7, 11) is 0. The Morgan fingerprint density at radius 3 is 2.58 bits per heavy atom. The van der Waals surface area contributed by atoms with E-state index in [9.17, 15) is 4.79 Å². The van der Waals surface area contributed by atoms with Crippen LogP contribution >= 0.6 is 11.8 Å². The van der Waals surface area contributed by atoms with Crippen LogP contribution in [0.3, 0.4) is 0 Å². The van der Waals surface area contributed by atoms with Crippen LogP contribution in [0.4, 0.5) is 0 Å². The van der Waals surface area contributed by atoms with E-state index in [0.717, 1.165) is 16.0 Å². The first-order chi connectivity index (χ1) is 9.19. The van der Waals surface area contributed by atoms with E-state index in [-0.39, 0.29) is 5.97 Å². The SMILES string of the molecule is Cc1ccc(Sc2ccccc2)cc1CC(=O)[O][Al+2]. The zero-order chi connectivity index (χ0) is 13.7. The Balaban J connectivity index is 2.18. The van der Waals surface area contributed by atoms with Crippen LogP contribution in [0.25, 0.3) is 0 Å². The molecule has 0 unspecified atom stereocenters. The van der Waals surface area contributed by atoms with Gasteiger partial charge in [0.25, 0.3) is 0 Å². The Morgan fingerprint density at radius 2 is 1.89 bits per heavy atom. The van der Waals surface area contributed by atoms with Crippen LogP contribution in [-0.2, 0) is 15.0 Å². The summed E-state index contributed by atoms with van der Waals surface area (Å²) in [6, 6.07) is 16.3. The Hall–Kier alpha value is -1.21. The molecule has 0 radical (unpaired) electrons. The fraction of sp³-hybridized carbons (Fsp3) is 0.133. The molecular formula is C15H13AlO2S+2. The average Bonchev–Trinajstić information content (AvgIpc) is 2.43. The van der Waals surface area contributed by atoms with Crippen LogP contribution in [0.15, 0.2) is 58.3 Å². The van der Waals surface area contributed by atoms with Crippen molar-refractivity contribution in [3.63, 3.8) is 0 Å². The first-order valence-electron chi connectivity index (χ1n) is 5.91. The summed E-state index contributed by atoms with van der Waals surface area (Å²) in [4.78, 5) is 13.7. The van der Waals surface area contributed by atoms with E-state index < -0.39 is 0 Å². The van der Waals surface area contributed by atoms with Gasteiger partial charge in [0.2, 0.25) is 0 Å². The van der Waals surface area contributed by atoms with Crippen LogP contribution in [0.1, 0.15) is 11.1 Å². The molecule has 0 aliphatic rings. The quantitative estimate of drug-likeness (QED) is 0.806. The van der Waals surface area contributed by atoms with E-state index in [2.05, 4.69) is 28.1 Å². The third kappa shape index (κ3) is 4.14. The molecule has 2 rings (SSSR count). The number of hydrogen-bond acceptors (Lipinski definition) is 3. The number of carbonyl (C=O) groups excluding carboxylic acids is 1. The fourth-order valence-electron chi connectivity index (χ4n) is 1.72. The van der Waals surface area contributed by atoms with Crippen LogP contribution in [0.5, 0.6) is 0 Å². The molecule has 0 aromatic heterocycles. The molecule has 19 heavy (non-hydrogen) atoms. The van der Waals surface area contributed by atoms with Crippen molar-refractivity contribution >= 4 is 34.4 Å². The van der Waals surface area contributed by atoms with Crippen molar-refractivity contribution in [2.75, 3.05) is 0 Å². The van der Waals surface area contributed by atoms with Crippen LogP contribution < -0.4 is 0 Å². The molecule has 2 aromatic carbocycles. The van der Waals surface area contributed by atoms with E-state index >= 15 is 0 Å². The van der Waals surface area contributed by atoms with E-state index in [1.54, 1.807) is 11.8 Å². The van der Waals surface area contributed by atoms with Crippen molar-refractivity contribution in [1.82, 2.24) is 0 Å². The number of aryl methyl sites for hydroxylation is 1. The Bertz CT molecular complexity index is 570. The Morgan fingerprint density at radius 1 is 1.16 bits per heavy atom. The molecule has 0 aliphatic heterocycles. The van der Waals surface area contributed by atoms with Gasteiger partial charge in [-0.05, 0) is 0 Å². The summed E-state index contributed by atoms with van der Waals surface area (Å²) < 4.78 is 4.64. The average molecular weight is 284 g/mol. The van der Waals surface area contributed by atoms with E-state index in [0.29, 0.717) is 6.42 Å². The van der Waals surface area contributed by atoms with Gasteiger partial charge >= 0.3 is 126 Å². The molecule has 0 aliphatic carbocycles. The molecule has 2 nitrogen and oxygen atoms in total. The molecule has 0 N–H and O–H groups in total. The van der Waals surface area contributed by atoms with Gasteiger partial charge in [0.1, 0.15) is 0 Å². The van der Waals surface area contributed by atoms with E-state index in [1.165, 1.54) is 4.90 Å². The van der Waals surface area contributed by atoms with Crippen LogP contribution in [0, 0.1) is 6.92 Å². The third-order valence-corrected chi connectivity index (χ3v) is 4.03. The van der Waals surface area contributed by atoms with Gasteiger partial charge in [-0.15, -0.1) is 0 Å². The summed E-state index contributed by atoms with van der Waals surface area (Å²) in [5, 5.41) is 0. The summed E-state index contributed by atoms with van der Waals surface area (Å²) in [5.74, 6) is -0.241. The fourth-order valence-corrected chi connectivity index (χ4v) is 2.71. The predicted molar refractivity (Wildman–Crippen MR) is 77.3 cm³/mol. The van der Waals surface area contributed by atoms with Crippen molar-refractivity contribution in [3.8, 4) is 0 Å². The van der Waals surface area contributed by atoms with Gasteiger partial charge in [-0.2, -0.15) is 0 Å². The van der Waals surface area contributed by atoms with Gasteiger partial charge in [-0.3, -0.25) is 0 Å². The standard InChI is InChI=1S/C15H14O2S.Al/c1-11-7-8-14(9-12(11)10-15(16)17)18-13-5-3-2-4-6-13;/h2-9H,10H2,1H3,(H,16,17);/q;+3/p-1. The van der Waals surface area contributed by atoms with Gasteiger partial charge in [0.05, 0.1) is 0 Å². The first-order valence-corrected chi connectivity index (χ1v) is 7.20. The second kappa shape index (κ2) is 6.81. The molecule has 4 heteroatoms. The molecule has 0 fully saturated rings. The third-order valence-electron chi connectivity index (χ3n) is 2.77. The zero-order valence-corrected chi connectivity index (χ0v) is 12.6. The topological polar surface area (TPSA) is 26.3 Å². The summed E-state index contributed by atoms with van der Waals surface area (Å²) in [6.07, 6.45) is 0.304. The molecule has 0 heterocycles. The number of carbonyl (C=O) groups is 1. The van der Waals surface area contributed by atoms with E-state index in [1.807, 2.05) is 47.8 Å². The number of rotatable bonds is 4. The minimum atomic E-state index is -0.241. The molecular weight excluding hydrogens is 271 g/mol. The van der Waals surface area contributed by atoms with Gasteiger partial charge in [-0.1, -0.05) is 0 Å². The normalized spacial score (nSPS) is 10.3. The van der Waals surface area contributed by atoms with E-state index in [4.69, 9.17) is 0 Å². The maximum atomic E-state index is 11.4. The van der Waals surface area contributed by atoms with Crippen molar-refractivity contribution in [3.05, 3.63) is 59.7 Å². The summed E-state index contributed by atoms with van der Waals surface area (Å²) >= 11 is 3.68. The van der Waals surface area contributed by atoms with Crippen molar-refractivity contribution in [1.29, 1.82) is 0 Å². The minimum absolute atomic E-state index is 0.241. The van der Waals surface area contributed by atoms with Gasteiger partial charge in [0.15, 0.2) is 0 Å². The maximum absolute atomic E-state index is 11.4. The second-order valence-electron chi connectivity index (χ2n) is 4.17. The molecule has 0 saturated heterocycles. The molecule has 0 spiro atoms. The van der Waals surface area contributed by atoms with Crippen molar-refractivity contribution in [2.45, 2.75) is 23.1 Å².